The second-order valence-electron chi connectivity index (χ2n) is 8.63. The van der Waals surface area contributed by atoms with E-state index < -0.39 is 0 Å². The number of aromatic amines is 1. The maximum atomic E-state index is 5.17. The highest BCUT2D eigenvalue weighted by molar-refractivity contribution is 5.28. The van der Waals surface area contributed by atoms with Gasteiger partial charge in [-0.25, -0.2) is 4.98 Å². The number of nitrogens with zero attached hydrogens (tertiary/aromatic N) is 1. The SMILES string of the molecule is CCCCC(C)(C)c1nc(C(C)(C)CCCC)c(C(C)CC)[nH]1. The fourth-order valence-electron chi connectivity index (χ4n) is 3.26. The Hall–Kier alpha value is -0.790. The van der Waals surface area contributed by atoms with Gasteiger partial charge in [0.2, 0.25) is 0 Å². The van der Waals surface area contributed by atoms with Gasteiger partial charge in [-0.2, -0.15) is 0 Å². The Morgan fingerprint density at radius 2 is 1.43 bits per heavy atom. The third-order valence-electron chi connectivity index (χ3n) is 5.43. The van der Waals surface area contributed by atoms with Crippen molar-refractivity contribution in [3.8, 4) is 0 Å². The summed E-state index contributed by atoms with van der Waals surface area (Å²) in [6, 6.07) is 0. The molecule has 0 bridgehead atoms. The third-order valence-corrected chi connectivity index (χ3v) is 5.43. The quantitative estimate of drug-likeness (QED) is 0.501. The minimum atomic E-state index is 0.136. The second kappa shape index (κ2) is 8.35. The van der Waals surface area contributed by atoms with E-state index in [1.165, 1.54) is 55.7 Å². The van der Waals surface area contributed by atoms with Gasteiger partial charge in [0.25, 0.3) is 0 Å². The number of unbranched alkanes of at least 4 members (excludes halogenated alkanes) is 2. The number of aromatic nitrogens is 2. The zero-order chi connectivity index (χ0) is 17.7. The fraction of sp³-hybridized carbons (Fsp3) is 0.857. The molecule has 0 aliphatic heterocycles. The van der Waals surface area contributed by atoms with Crippen molar-refractivity contribution in [2.45, 2.75) is 117 Å². The number of hydrogen-bond donors (Lipinski definition) is 1. The lowest BCUT2D eigenvalue weighted by Crippen LogP contribution is -2.22. The first-order valence-corrected chi connectivity index (χ1v) is 9.80. The molecule has 0 aliphatic rings. The maximum absolute atomic E-state index is 5.17. The average molecular weight is 321 g/mol. The van der Waals surface area contributed by atoms with Gasteiger partial charge in [0.05, 0.1) is 5.69 Å². The molecule has 1 atom stereocenters. The molecule has 0 radical (unpaired) electrons. The minimum absolute atomic E-state index is 0.136. The molecule has 1 N–H and O–H groups in total. The number of hydrogen-bond acceptors (Lipinski definition) is 1. The molecule has 1 rings (SSSR count). The van der Waals surface area contributed by atoms with Crippen LogP contribution in [0.4, 0.5) is 0 Å². The molecule has 134 valence electrons. The Morgan fingerprint density at radius 1 is 0.913 bits per heavy atom. The molecule has 1 heterocycles. The number of rotatable bonds is 10. The molecular formula is C21H40N2. The lowest BCUT2D eigenvalue weighted by Gasteiger charge is -2.25. The summed E-state index contributed by atoms with van der Waals surface area (Å²) >= 11 is 0. The lowest BCUT2D eigenvalue weighted by molar-refractivity contribution is 0.422. The van der Waals surface area contributed by atoms with Crippen LogP contribution in [0.5, 0.6) is 0 Å². The monoisotopic (exact) mass is 320 g/mol. The molecule has 0 aromatic carbocycles. The van der Waals surface area contributed by atoms with Gasteiger partial charge in [-0.3, -0.25) is 0 Å². The van der Waals surface area contributed by atoms with Crippen LogP contribution in [0.2, 0.25) is 0 Å². The molecule has 2 heteroatoms. The molecule has 0 aliphatic carbocycles. The van der Waals surface area contributed by atoms with Crippen molar-refractivity contribution in [3.05, 3.63) is 17.2 Å². The van der Waals surface area contributed by atoms with Crippen LogP contribution in [-0.4, -0.2) is 9.97 Å². The van der Waals surface area contributed by atoms with Crippen LogP contribution < -0.4 is 0 Å². The largest absolute Gasteiger partial charge is 0.345 e. The van der Waals surface area contributed by atoms with Gasteiger partial charge in [0.15, 0.2) is 0 Å². The Bertz CT molecular complexity index is 468. The molecule has 23 heavy (non-hydrogen) atoms. The highest BCUT2D eigenvalue weighted by Crippen LogP contribution is 2.37. The van der Waals surface area contributed by atoms with E-state index in [9.17, 15) is 0 Å². The summed E-state index contributed by atoms with van der Waals surface area (Å²) in [5.74, 6) is 1.75. The van der Waals surface area contributed by atoms with Crippen molar-refractivity contribution in [3.63, 3.8) is 0 Å². The molecule has 2 nitrogen and oxygen atoms in total. The van der Waals surface area contributed by atoms with Crippen molar-refractivity contribution < 1.29 is 0 Å². The van der Waals surface area contributed by atoms with Gasteiger partial charge in [-0.15, -0.1) is 0 Å². The first kappa shape index (κ1) is 20.3. The van der Waals surface area contributed by atoms with Crippen LogP contribution in [0.25, 0.3) is 0 Å². The van der Waals surface area contributed by atoms with Gasteiger partial charge >= 0.3 is 0 Å². The van der Waals surface area contributed by atoms with Gasteiger partial charge in [-0.1, -0.05) is 81.1 Å². The third kappa shape index (κ3) is 5.09. The first-order chi connectivity index (χ1) is 10.7. The highest BCUT2D eigenvalue weighted by Gasteiger charge is 2.32. The van der Waals surface area contributed by atoms with E-state index in [-0.39, 0.29) is 10.8 Å². The van der Waals surface area contributed by atoms with Crippen LogP contribution in [0, 0.1) is 0 Å². The molecule has 0 saturated carbocycles. The standard InChI is InChI=1S/C21H40N2/c1-9-12-14-20(5,6)18-17(16(4)11-3)22-19(23-18)21(7,8)15-13-10-2/h16H,9-15H2,1-8H3,(H,22,23). The second-order valence-corrected chi connectivity index (χ2v) is 8.63. The predicted molar refractivity (Wildman–Crippen MR) is 102 cm³/mol. The zero-order valence-corrected chi connectivity index (χ0v) is 17.0. The predicted octanol–water partition coefficient (Wildman–Crippen LogP) is 6.86. The summed E-state index contributed by atoms with van der Waals surface area (Å²) in [5, 5.41) is 0. The molecular weight excluding hydrogens is 280 g/mol. The van der Waals surface area contributed by atoms with Crippen LogP contribution in [-0.2, 0) is 10.8 Å². The van der Waals surface area contributed by atoms with Gasteiger partial charge in [0.1, 0.15) is 5.82 Å². The molecule has 1 aromatic rings. The Labute approximate surface area is 144 Å². The van der Waals surface area contributed by atoms with E-state index in [0.717, 1.165) is 6.42 Å². The maximum Gasteiger partial charge on any atom is 0.112 e. The molecule has 1 aromatic heterocycles. The molecule has 0 fully saturated rings. The topological polar surface area (TPSA) is 28.7 Å². The summed E-state index contributed by atoms with van der Waals surface area (Å²) in [5.41, 5.74) is 3.00. The minimum Gasteiger partial charge on any atom is -0.345 e. The smallest absolute Gasteiger partial charge is 0.112 e. The van der Waals surface area contributed by atoms with Crippen molar-refractivity contribution in [1.29, 1.82) is 0 Å². The summed E-state index contributed by atoms with van der Waals surface area (Å²) in [4.78, 5) is 8.93. The van der Waals surface area contributed by atoms with E-state index in [2.05, 4.69) is 60.4 Å². The van der Waals surface area contributed by atoms with E-state index in [4.69, 9.17) is 4.98 Å². The Morgan fingerprint density at radius 3 is 1.91 bits per heavy atom. The van der Waals surface area contributed by atoms with E-state index in [1.807, 2.05) is 0 Å². The Kier molecular flexibility index (Phi) is 7.35. The van der Waals surface area contributed by atoms with Crippen LogP contribution >= 0.6 is 0 Å². The van der Waals surface area contributed by atoms with E-state index in [1.54, 1.807) is 0 Å². The normalized spacial score (nSPS) is 14.3. The first-order valence-electron chi connectivity index (χ1n) is 9.80. The van der Waals surface area contributed by atoms with Crippen molar-refractivity contribution in [2.75, 3.05) is 0 Å². The van der Waals surface area contributed by atoms with Crippen molar-refractivity contribution in [1.82, 2.24) is 9.97 Å². The van der Waals surface area contributed by atoms with Crippen molar-refractivity contribution in [2.24, 2.45) is 0 Å². The summed E-state index contributed by atoms with van der Waals surface area (Å²) in [7, 11) is 0. The zero-order valence-electron chi connectivity index (χ0n) is 17.0. The summed E-state index contributed by atoms with van der Waals surface area (Å²) in [6.07, 6.45) is 8.61. The van der Waals surface area contributed by atoms with Gasteiger partial charge in [-0.05, 0) is 25.2 Å². The summed E-state index contributed by atoms with van der Waals surface area (Å²) in [6.45, 7) is 18.6. The number of nitrogens with one attached hydrogen (secondary N) is 1. The van der Waals surface area contributed by atoms with Crippen LogP contribution in [0.15, 0.2) is 0 Å². The van der Waals surface area contributed by atoms with E-state index in [0.29, 0.717) is 5.92 Å². The molecule has 0 saturated heterocycles. The van der Waals surface area contributed by atoms with Crippen LogP contribution in [0.1, 0.15) is 123 Å². The Balaban J connectivity index is 3.23. The van der Waals surface area contributed by atoms with E-state index >= 15 is 0 Å². The van der Waals surface area contributed by atoms with Gasteiger partial charge in [0, 0.05) is 16.5 Å². The summed E-state index contributed by atoms with van der Waals surface area (Å²) < 4.78 is 0. The molecule has 0 amide bonds. The average Bonchev–Trinajstić information content (AvgIpc) is 2.97. The molecule has 1 unspecified atom stereocenters. The number of imidazole rings is 1. The number of H-pyrrole nitrogens is 1. The van der Waals surface area contributed by atoms with Crippen LogP contribution in [0.3, 0.4) is 0 Å². The molecule has 0 spiro atoms. The fourth-order valence-corrected chi connectivity index (χ4v) is 3.26. The van der Waals surface area contributed by atoms with Gasteiger partial charge < -0.3 is 4.98 Å². The van der Waals surface area contributed by atoms with Crippen molar-refractivity contribution >= 4 is 0 Å². The lowest BCUT2D eigenvalue weighted by atomic mass is 9.81. The highest BCUT2D eigenvalue weighted by atomic mass is 15.0.